The van der Waals surface area contributed by atoms with Crippen LogP contribution < -0.4 is 10.1 Å². The van der Waals surface area contributed by atoms with Crippen LogP contribution in [0, 0.1) is 11.8 Å². The number of anilines is 1. The van der Waals surface area contributed by atoms with Crippen LogP contribution in [-0.2, 0) is 0 Å². The summed E-state index contributed by atoms with van der Waals surface area (Å²) in [6, 6.07) is 1.93. The number of nitrogens with one attached hydrogen (secondary N) is 1. The number of hydrogen-bond donors (Lipinski definition) is 1. The molecule has 2 aliphatic rings. The zero-order chi connectivity index (χ0) is 14.1. The fourth-order valence-electron chi connectivity index (χ4n) is 2.93. The van der Waals surface area contributed by atoms with E-state index in [9.17, 15) is 0 Å². The van der Waals surface area contributed by atoms with Crippen LogP contribution in [0.25, 0.3) is 0 Å². The summed E-state index contributed by atoms with van der Waals surface area (Å²) in [5, 5.41) is 3.11. The van der Waals surface area contributed by atoms with Crippen molar-refractivity contribution in [1.82, 2.24) is 9.97 Å². The van der Waals surface area contributed by atoms with E-state index in [1.165, 1.54) is 19.3 Å². The highest BCUT2D eigenvalue weighted by Gasteiger charge is 2.29. The summed E-state index contributed by atoms with van der Waals surface area (Å²) in [7, 11) is 1.90. The highest BCUT2D eigenvalue weighted by atomic mass is 16.5. The molecule has 1 N–H and O–H groups in total. The Morgan fingerprint density at radius 1 is 1.10 bits per heavy atom. The van der Waals surface area contributed by atoms with Crippen LogP contribution in [-0.4, -0.2) is 23.1 Å². The molecule has 0 amide bonds. The van der Waals surface area contributed by atoms with E-state index in [-0.39, 0.29) is 0 Å². The molecule has 3 unspecified atom stereocenters. The van der Waals surface area contributed by atoms with Crippen molar-refractivity contribution in [3.63, 3.8) is 0 Å². The van der Waals surface area contributed by atoms with E-state index < -0.39 is 0 Å². The Hall–Kier alpha value is -1.32. The topological polar surface area (TPSA) is 47.0 Å². The van der Waals surface area contributed by atoms with E-state index in [1.807, 2.05) is 13.1 Å². The van der Waals surface area contributed by atoms with Crippen molar-refractivity contribution in [2.45, 2.75) is 58.0 Å². The van der Waals surface area contributed by atoms with Crippen LogP contribution in [0.2, 0.25) is 0 Å². The Kier molecular flexibility index (Phi) is 3.81. The van der Waals surface area contributed by atoms with Crippen molar-refractivity contribution in [1.29, 1.82) is 0 Å². The van der Waals surface area contributed by atoms with E-state index in [0.29, 0.717) is 12.0 Å². The van der Waals surface area contributed by atoms with Crippen molar-refractivity contribution >= 4 is 5.82 Å². The van der Waals surface area contributed by atoms with Gasteiger partial charge < -0.3 is 10.1 Å². The van der Waals surface area contributed by atoms with Gasteiger partial charge in [0.1, 0.15) is 17.7 Å². The van der Waals surface area contributed by atoms with Gasteiger partial charge in [0.2, 0.25) is 5.88 Å². The zero-order valence-corrected chi connectivity index (χ0v) is 12.7. The zero-order valence-electron chi connectivity index (χ0n) is 12.7. The van der Waals surface area contributed by atoms with E-state index in [2.05, 4.69) is 29.1 Å². The van der Waals surface area contributed by atoms with Crippen molar-refractivity contribution in [3.8, 4) is 5.88 Å². The molecule has 0 aliphatic heterocycles. The third kappa shape index (κ3) is 3.05. The minimum atomic E-state index is 0.313. The normalized spacial score (nSPS) is 30.1. The third-order valence-corrected chi connectivity index (χ3v) is 4.76. The molecule has 3 atom stereocenters. The van der Waals surface area contributed by atoms with Gasteiger partial charge in [0, 0.05) is 19.0 Å². The molecule has 110 valence electrons. The molecule has 0 bridgehead atoms. The van der Waals surface area contributed by atoms with Gasteiger partial charge in [-0.05, 0) is 43.9 Å². The molecule has 2 saturated carbocycles. The number of nitrogens with zero attached hydrogens (tertiary/aromatic N) is 2. The Bertz CT molecular complexity index is 473. The maximum Gasteiger partial charge on any atom is 0.219 e. The lowest BCUT2D eigenvalue weighted by atomic mass is 9.80. The average molecular weight is 275 g/mol. The SMILES string of the molecule is CNc1cc(OC2CCC(C)C(C)C2)nc(C2CC2)n1. The summed E-state index contributed by atoms with van der Waals surface area (Å²) >= 11 is 0. The minimum Gasteiger partial charge on any atom is -0.474 e. The maximum absolute atomic E-state index is 6.14. The van der Waals surface area contributed by atoms with E-state index in [4.69, 9.17) is 4.74 Å². The second kappa shape index (κ2) is 5.58. The van der Waals surface area contributed by atoms with E-state index >= 15 is 0 Å². The van der Waals surface area contributed by atoms with Gasteiger partial charge in [-0.2, -0.15) is 4.98 Å². The summed E-state index contributed by atoms with van der Waals surface area (Å²) in [4.78, 5) is 9.14. The fourth-order valence-corrected chi connectivity index (χ4v) is 2.93. The lowest BCUT2D eigenvalue weighted by molar-refractivity contribution is 0.0961. The average Bonchev–Trinajstić information content (AvgIpc) is 3.27. The summed E-state index contributed by atoms with van der Waals surface area (Å²) < 4.78 is 6.14. The molecule has 4 nitrogen and oxygen atoms in total. The summed E-state index contributed by atoms with van der Waals surface area (Å²) in [5.74, 6) is 4.67. The molecule has 1 aromatic heterocycles. The molecule has 0 spiro atoms. The fraction of sp³-hybridized carbons (Fsp3) is 0.750. The maximum atomic E-state index is 6.14. The van der Waals surface area contributed by atoms with Gasteiger partial charge in [-0.15, -0.1) is 0 Å². The molecule has 0 radical (unpaired) electrons. The van der Waals surface area contributed by atoms with Crippen LogP contribution >= 0.6 is 0 Å². The summed E-state index contributed by atoms with van der Waals surface area (Å²) in [5.41, 5.74) is 0. The molecule has 3 rings (SSSR count). The largest absolute Gasteiger partial charge is 0.474 e. The van der Waals surface area contributed by atoms with Gasteiger partial charge in [-0.1, -0.05) is 13.8 Å². The van der Waals surface area contributed by atoms with Gasteiger partial charge in [-0.25, -0.2) is 4.98 Å². The quantitative estimate of drug-likeness (QED) is 0.912. The summed E-state index contributed by atoms with van der Waals surface area (Å²) in [6.07, 6.45) is 6.27. The van der Waals surface area contributed by atoms with Gasteiger partial charge in [-0.3, -0.25) is 0 Å². The molecular formula is C16H25N3O. The van der Waals surface area contributed by atoms with Crippen LogP contribution in [0.4, 0.5) is 5.82 Å². The van der Waals surface area contributed by atoms with Gasteiger partial charge in [0.15, 0.2) is 0 Å². The lowest BCUT2D eigenvalue weighted by Gasteiger charge is -2.32. The first kappa shape index (κ1) is 13.7. The molecule has 0 saturated heterocycles. The molecule has 20 heavy (non-hydrogen) atoms. The van der Waals surface area contributed by atoms with Crippen molar-refractivity contribution in [2.24, 2.45) is 11.8 Å². The van der Waals surface area contributed by atoms with Crippen LogP contribution in [0.1, 0.15) is 57.7 Å². The Labute approximate surface area is 121 Å². The van der Waals surface area contributed by atoms with Crippen molar-refractivity contribution in [3.05, 3.63) is 11.9 Å². The predicted octanol–water partition coefficient (Wildman–Crippen LogP) is 3.60. The van der Waals surface area contributed by atoms with Gasteiger partial charge >= 0.3 is 0 Å². The van der Waals surface area contributed by atoms with E-state index in [0.717, 1.165) is 42.2 Å². The minimum absolute atomic E-state index is 0.313. The lowest BCUT2D eigenvalue weighted by Crippen LogP contribution is -2.29. The predicted molar refractivity (Wildman–Crippen MR) is 80.1 cm³/mol. The van der Waals surface area contributed by atoms with Crippen molar-refractivity contribution < 1.29 is 4.74 Å². The molecular weight excluding hydrogens is 250 g/mol. The first-order valence-corrected chi connectivity index (χ1v) is 7.89. The van der Waals surface area contributed by atoms with Crippen LogP contribution in [0.15, 0.2) is 6.07 Å². The number of rotatable bonds is 4. The van der Waals surface area contributed by atoms with Crippen LogP contribution in [0.3, 0.4) is 0 Å². The third-order valence-electron chi connectivity index (χ3n) is 4.76. The molecule has 1 aromatic rings. The second-order valence-corrected chi connectivity index (χ2v) is 6.48. The smallest absolute Gasteiger partial charge is 0.219 e. The molecule has 2 aliphatic carbocycles. The molecule has 0 aromatic carbocycles. The van der Waals surface area contributed by atoms with Crippen LogP contribution in [0.5, 0.6) is 5.88 Å². The first-order chi connectivity index (χ1) is 9.65. The number of hydrogen-bond acceptors (Lipinski definition) is 4. The van der Waals surface area contributed by atoms with Gasteiger partial charge in [0.25, 0.3) is 0 Å². The number of ether oxygens (including phenoxy) is 1. The van der Waals surface area contributed by atoms with Crippen molar-refractivity contribution in [2.75, 3.05) is 12.4 Å². The number of aromatic nitrogens is 2. The molecule has 2 fully saturated rings. The Morgan fingerprint density at radius 3 is 2.55 bits per heavy atom. The highest BCUT2D eigenvalue weighted by Crippen LogP contribution is 2.39. The van der Waals surface area contributed by atoms with E-state index in [1.54, 1.807) is 0 Å². The second-order valence-electron chi connectivity index (χ2n) is 6.48. The first-order valence-electron chi connectivity index (χ1n) is 7.89. The highest BCUT2D eigenvalue weighted by molar-refractivity contribution is 5.38. The monoisotopic (exact) mass is 275 g/mol. The standard InChI is InChI=1S/C16H25N3O/c1-10-4-7-13(8-11(10)2)20-15-9-14(17-3)18-16(19-15)12-5-6-12/h9-13H,4-8H2,1-3H3,(H,17,18,19). The summed E-state index contributed by atoms with van der Waals surface area (Å²) in [6.45, 7) is 4.67. The van der Waals surface area contributed by atoms with Gasteiger partial charge in [0.05, 0.1) is 0 Å². The molecule has 4 heteroatoms. The molecule has 1 heterocycles. The Morgan fingerprint density at radius 2 is 1.90 bits per heavy atom. The Balaban J connectivity index is 1.71.